The van der Waals surface area contributed by atoms with Crippen molar-refractivity contribution in [1.29, 1.82) is 0 Å². The van der Waals surface area contributed by atoms with Crippen molar-refractivity contribution in [2.75, 3.05) is 11.9 Å². The summed E-state index contributed by atoms with van der Waals surface area (Å²) >= 11 is 0. The fraction of sp³-hybridized carbons (Fsp3) is 0.250. The Labute approximate surface area is 134 Å². The molecule has 7 heteroatoms. The number of fused-ring (bicyclic) bond motifs is 1. The predicted molar refractivity (Wildman–Crippen MR) is 87.9 cm³/mol. The van der Waals surface area contributed by atoms with E-state index < -0.39 is 0 Å². The molecule has 0 saturated carbocycles. The van der Waals surface area contributed by atoms with Gasteiger partial charge in [0.05, 0.1) is 0 Å². The van der Waals surface area contributed by atoms with Crippen molar-refractivity contribution in [2.45, 2.75) is 19.9 Å². The van der Waals surface area contributed by atoms with Crippen LogP contribution in [-0.2, 0) is 0 Å². The fourth-order valence-electron chi connectivity index (χ4n) is 2.34. The molecule has 0 aromatic carbocycles. The molecule has 3 aromatic rings. The van der Waals surface area contributed by atoms with E-state index in [2.05, 4.69) is 20.4 Å². The summed E-state index contributed by atoms with van der Waals surface area (Å²) in [6.45, 7) is 3.84. The van der Waals surface area contributed by atoms with Gasteiger partial charge in [-0.1, -0.05) is 0 Å². The maximum atomic E-state index is 12.6. The van der Waals surface area contributed by atoms with Gasteiger partial charge in [-0.3, -0.25) is 9.78 Å². The summed E-state index contributed by atoms with van der Waals surface area (Å²) in [4.78, 5) is 22.8. The number of hydrogen-bond acceptors (Lipinski definition) is 5. The minimum absolute atomic E-state index is 0.0280. The van der Waals surface area contributed by atoms with E-state index in [1.165, 1.54) is 0 Å². The van der Waals surface area contributed by atoms with Crippen LogP contribution < -0.4 is 10.2 Å². The molecule has 3 aromatic heterocycles. The molecule has 0 radical (unpaired) electrons. The SMILES string of the molecule is CC(C)NC(=O)c1c(N(C)c2ccncc2)nn2cccnc12. The molecular weight excluding hydrogens is 292 g/mol. The zero-order valence-electron chi connectivity index (χ0n) is 13.3. The normalized spacial score (nSPS) is 11.0. The lowest BCUT2D eigenvalue weighted by Crippen LogP contribution is -2.31. The molecule has 0 atom stereocenters. The van der Waals surface area contributed by atoms with Crippen molar-refractivity contribution >= 4 is 23.1 Å². The Hall–Kier alpha value is -2.96. The van der Waals surface area contributed by atoms with E-state index in [4.69, 9.17) is 0 Å². The van der Waals surface area contributed by atoms with Gasteiger partial charge in [0.25, 0.3) is 5.91 Å². The first kappa shape index (κ1) is 15.0. The van der Waals surface area contributed by atoms with Gasteiger partial charge < -0.3 is 10.2 Å². The molecule has 0 aliphatic heterocycles. The van der Waals surface area contributed by atoms with Gasteiger partial charge in [0.15, 0.2) is 11.5 Å². The highest BCUT2D eigenvalue weighted by atomic mass is 16.1. The van der Waals surface area contributed by atoms with Crippen LogP contribution >= 0.6 is 0 Å². The van der Waals surface area contributed by atoms with Crippen LogP contribution in [0.3, 0.4) is 0 Å². The molecule has 0 saturated heterocycles. The van der Waals surface area contributed by atoms with Crippen LogP contribution in [0.2, 0.25) is 0 Å². The Bertz CT molecular complexity index is 827. The number of rotatable bonds is 4. The summed E-state index contributed by atoms with van der Waals surface area (Å²) in [6, 6.07) is 5.53. The average molecular weight is 310 g/mol. The molecule has 0 bridgehead atoms. The number of amides is 1. The molecule has 0 unspecified atom stereocenters. The predicted octanol–water partition coefficient (Wildman–Crippen LogP) is 2.03. The minimum atomic E-state index is -0.190. The summed E-state index contributed by atoms with van der Waals surface area (Å²) in [7, 11) is 1.86. The number of carbonyl (C=O) groups excluding carboxylic acids is 1. The number of nitrogens with one attached hydrogen (secondary N) is 1. The second-order valence-corrected chi connectivity index (χ2v) is 5.48. The molecule has 3 rings (SSSR count). The maximum Gasteiger partial charge on any atom is 0.259 e. The van der Waals surface area contributed by atoms with Crippen molar-refractivity contribution in [3.8, 4) is 0 Å². The van der Waals surface area contributed by atoms with Crippen molar-refractivity contribution in [2.24, 2.45) is 0 Å². The summed E-state index contributed by atoms with van der Waals surface area (Å²) in [5.74, 6) is 0.359. The Morgan fingerprint density at radius 2 is 2.00 bits per heavy atom. The molecule has 0 fully saturated rings. The number of carbonyl (C=O) groups is 1. The summed E-state index contributed by atoms with van der Waals surface area (Å²) in [5, 5.41) is 7.43. The molecule has 0 aliphatic rings. The first-order valence-electron chi connectivity index (χ1n) is 7.36. The van der Waals surface area contributed by atoms with Gasteiger partial charge in [-0.15, -0.1) is 5.10 Å². The molecule has 1 N–H and O–H groups in total. The molecule has 118 valence electrons. The average Bonchev–Trinajstić information content (AvgIpc) is 2.93. The minimum Gasteiger partial charge on any atom is -0.350 e. The van der Waals surface area contributed by atoms with Crippen molar-refractivity contribution < 1.29 is 4.79 Å². The van der Waals surface area contributed by atoms with E-state index in [0.717, 1.165) is 5.69 Å². The second-order valence-electron chi connectivity index (χ2n) is 5.48. The van der Waals surface area contributed by atoms with Crippen molar-refractivity contribution in [3.05, 3.63) is 48.5 Å². The van der Waals surface area contributed by atoms with Gasteiger partial charge in [0.2, 0.25) is 0 Å². The van der Waals surface area contributed by atoms with E-state index in [-0.39, 0.29) is 11.9 Å². The quantitative estimate of drug-likeness (QED) is 0.798. The lowest BCUT2D eigenvalue weighted by atomic mass is 10.2. The van der Waals surface area contributed by atoms with Gasteiger partial charge in [-0.05, 0) is 32.0 Å². The van der Waals surface area contributed by atoms with Crippen LogP contribution in [0.1, 0.15) is 24.2 Å². The van der Waals surface area contributed by atoms with Crippen LogP contribution in [0, 0.1) is 0 Å². The largest absolute Gasteiger partial charge is 0.350 e. The number of hydrogen-bond donors (Lipinski definition) is 1. The van der Waals surface area contributed by atoms with E-state index in [1.807, 2.05) is 37.9 Å². The zero-order valence-corrected chi connectivity index (χ0v) is 13.3. The Balaban J connectivity index is 2.14. The first-order chi connectivity index (χ1) is 11.1. The third-order valence-electron chi connectivity index (χ3n) is 3.39. The van der Waals surface area contributed by atoms with E-state index in [9.17, 15) is 4.79 Å². The zero-order chi connectivity index (χ0) is 16.4. The van der Waals surface area contributed by atoms with Crippen LogP contribution in [-0.4, -0.2) is 38.6 Å². The molecule has 3 heterocycles. The lowest BCUT2D eigenvalue weighted by molar-refractivity contribution is 0.0945. The molecule has 7 nitrogen and oxygen atoms in total. The Morgan fingerprint density at radius 1 is 1.26 bits per heavy atom. The van der Waals surface area contributed by atoms with Gasteiger partial charge in [-0.2, -0.15) is 0 Å². The fourth-order valence-corrected chi connectivity index (χ4v) is 2.34. The molecule has 1 amide bonds. The third kappa shape index (κ3) is 2.85. The van der Waals surface area contributed by atoms with Crippen LogP contribution in [0.15, 0.2) is 43.0 Å². The van der Waals surface area contributed by atoms with E-state index >= 15 is 0 Å². The molecule has 0 spiro atoms. The van der Waals surface area contributed by atoms with Crippen LogP contribution in [0.25, 0.3) is 5.65 Å². The number of pyridine rings is 1. The molecular formula is C16H18N6O. The number of anilines is 2. The summed E-state index contributed by atoms with van der Waals surface area (Å²) in [5.41, 5.74) is 1.88. The molecule has 23 heavy (non-hydrogen) atoms. The summed E-state index contributed by atoms with van der Waals surface area (Å²) < 4.78 is 1.61. The van der Waals surface area contributed by atoms with Gasteiger partial charge in [-0.25, -0.2) is 9.50 Å². The van der Waals surface area contributed by atoms with Gasteiger partial charge >= 0.3 is 0 Å². The number of nitrogens with zero attached hydrogens (tertiary/aromatic N) is 5. The first-order valence-corrected chi connectivity index (χ1v) is 7.36. The Morgan fingerprint density at radius 3 is 2.70 bits per heavy atom. The summed E-state index contributed by atoms with van der Waals surface area (Å²) in [6.07, 6.45) is 6.83. The molecule has 0 aliphatic carbocycles. The third-order valence-corrected chi connectivity index (χ3v) is 3.39. The van der Waals surface area contributed by atoms with Gasteiger partial charge in [0, 0.05) is 43.6 Å². The van der Waals surface area contributed by atoms with Gasteiger partial charge in [0.1, 0.15) is 5.56 Å². The van der Waals surface area contributed by atoms with Crippen LogP contribution in [0.5, 0.6) is 0 Å². The van der Waals surface area contributed by atoms with Crippen molar-refractivity contribution in [1.82, 2.24) is 24.9 Å². The highest BCUT2D eigenvalue weighted by Gasteiger charge is 2.24. The van der Waals surface area contributed by atoms with Crippen LogP contribution in [0.4, 0.5) is 11.5 Å². The highest BCUT2D eigenvalue weighted by Crippen LogP contribution is 2.27. The number of aromatic nitrogens is 4. The topological polar surface area (TPSA) is 75.4 Å². The standard InChI is InChI=1S/C16H18N6O/c1-11(2)19-16(23)13-14-18-7-4-10-22(14)20-15(13)21(3)12-5-8-17-9-6-12/h4-11H,1-3H3,(H,19,23). The van der Waals surface area contributed by atoms with E-state index in [1.54, 1.807) is 35.4 Å². The smallest absolute Gasteiger partial charge is 0.259 e. The maximum absolute atomic E-state index is 12.6. The van der Waals surface area contributed by atoms with Crippen molar-refractivity contribution in [3.63, 3.8) is 0 Å². The lowest BCUT2D eigenvalue weighted by Gasteiger charge is -2.18. The highest BCUT2D eigenvalue weighted by molar-refractivity contribution is 6.05. The monoisotopic (exact) mass is 310 g/mol. The Kier molecular flexibility index (Phi) is 3.92. The van der Waals surface area contributed by atoms with E-state index in [0.29, 0.717) is 17.0 Å². The second kappa shape index (κ2) is 6.04.